The highest BCUT2D eigenvalue weighted by atomic mass is 16.5. The van der Waals surface area contributed by atoms with E-state index < -0.39 is 0 Å². The van der Waals surface area contributed by atoms with Crippen LogP contribution < -0.4 is 25.0 Å². The molecule has 7 nitrogen and oxygen atoms in total. The van der Waals surface area contributed by atoms with Gasteiger partial charge in [0, 0.05) is 55.8 Å². The van der Waals surface area contributed by atoms with Crippen molar-refractivity contribution in [2.45, 2.75) is 32.9 Å². The van der Waals surface area contributed by atoms with Crippen molar-refractivity contribution >= 4 is 11.6 Å². The minimum Gasteiger partial charge on any atom is -0.497 e. The molecule has 1 aromatic carbocycles. The molecule has 0 amide bonds. The second kappa shape index (κ2) is 10.0. The Labute approximate surface area is 173 Å². The van der Waals surface area contributed by atoms with Gasteiger partial charge in [0.15, 0.2) is 5.96 Å². The Kier molecular flexibility index (Phi) is 7.16. The van der Waals surface area contributed by atoms with Gasteiger partial charge in [0.1, 0.15) is 11.5 Å². The lowest BCUT2D eigenvalue weighted by Crippen LogP contribution is -2.44. The van der Waals surface area contributed by atoms with E-state index in [1.807, 2.05) is 30.5 Å². The normalized spacial score (nSPS) is 16.6. The largest absolute Gasteiger partial charge is 0.497 e. The lowest BCUT2D eigenvalue weighted by molar-refractivity contribution is 0.394. The molecule has 0 bridgehead atoms. The van der Waals surface area contributed by atoms with Crippen molar-refractivity contribution < 1.29 is 9.47 Å². The van der Waals surface area contributed by atoms with E-state index in [4.69, 9.17) is 14.5 Å². The molecular formula is C22H31N5O2. The number of ether oxygens (including phenoxy) is 2. The summed E-state index contributed by atoms with van der Waals surface area (Å²) in [7, 11) is 3.35. The second-order valence-electron chi connectivity index (χ2n) is 7.11. The van der Waals surface area contributed by atoms with Gasteiger partial charge in [0.2, 0.25) is 0 Å². The van der Waals surface area contributed by atoms with Crippen molar-refractivity contribution in [2.75, 3.05) is 38.8 Å². The molecule has 3 rings (SSSR count). The number of hydrogen-bond acceptors (Lipinski definition) is 5. The Hall–Kier alpha value is -2.96. The van der Waals surface area contributed by atoms with Crippen LogP contribution in [0.3, 0.4) is 0 Å². The number of methoxy groups -OCH3 is 2. The molecule has 0 radical (unpaired) electrons. The molecule has 1 unspecified atom stereocenters. The van der Waals surface area contributed by atoms with Gasteiger partial charge in [-0.05, 0) is 31.9 Å². The maximum Gasteiger partial charge on any atom is 0.191 e. The first-order chi connectivity index (χ1) is 14.1. The van der Waals surface area contributed by atoms with Crippen LogP contribution in [0.25, 0.3) is 0 Å². The van der Waals surface area contributed by atoms with Gasteiger partial charge in [-0.25, -0.2) is 4.99 Å². The molecule has 1 aliphatic rings. The first-order valence-corrected chi connectivity index (χ1v) is 10.1. The minimum absolute atomic E-state index is 0.315. The summed E-state index contributed by atoms with van der Waals surface area (Å²) in [5, 5.41) is 6.91. The van der Waals surface area contributed by atoms with E-state index in [0.717, 1.165) is 60.5 Å². The van der Waals surface area contributed by atoms with E-state index in [1.165, 1.54) is 0 Å². The topological polar surface area (TPSA) is 71.0 Å². The predicted octanol–water partition coefficient (Wildman–Crippen LogP) is 2.74. The summed E-state index contributed by atoms with van der Waals surface area (Å²) in [6.45, 7) is 7.38. The fourth-order valence-corrected chi connectivity index (χ4v) is 3.44. The quantitative estimate of drug-likeness (QED) is 0.553. The van der Waals surface area contributed by atoms with Crippen molar-refractivity contribution in [3.63, 3.8) is 0 Å². The van der Waals surface area contributed by atoms with Crippen molar-refractivity contribution in [3.05, 3.63) is 47.8 Å². The van der Waals surface area contributed by atoms with Gasteiger partial charge >= 0.3 is 0 Å². The van der Waals surface area contributed by atoms with Gasteiger partial charge in [-0.1, -0.05) is 6.07 Å². The number of aromatic nitrogens is 1. The molecule has 0 saturated carbocycles. The molecule has 2 N–H and O–H groups in total. The number of hydrogen-bond donors (Lipinski definition) is 2. The fraction of sp³-hybridized carbons (Fsp3) is 0.455. The second-order valence-corrected chi connectivity index (χ2v) is 7.11. The fourth-order valence-electron chi connectivity index (χ4n) is 3.44. The number of rotatable bonds is 7. The average molecular weight is 398 g/mol. The Morgan fingerprint density at radius 2 is 2.00 bits per heavy atom. The van der Waals surface area contributed by atoms with Crippen LogP contribution in [0.1, 0.15) is 24.6 Å². The molecule has 1 atom stereocenters. The summed E-state index contributed by atoms with van der Waals surface area (Å²) >= 11 is 0. The molecule has 1 aliphatic heterocycles. The number of benzene rings is 1. The summed E-state index contributed by atoms with van der Waals surface area (Å²) in [4.78, 5) is 11.5. The highest BCUT2D eigenvalue weighted by Crippen LogP contribution is 2.30. The predicted molar refractivity (Wildman–Crippen MR) is 117 cm³/mol. The summed E-state index contributed by atoms with van der Waals surface area (Å²) in [5.41, 5.74) is 3.27. The van der Waals surface area contributed by atoms with Crippen molar-refractivity contribution in [1.29, 1.82) is 0 Å². The van der Waals surface area contributed by atoms with E-state index in [-0.39, 0.29) is 0 Å². The summed E-state index contributed by atoms with van der Waals surface area (Å²) < 4.78 is 10.8. The number of nitrogens with zero attached hydrogens (tertiary/aromatic N) is 3. The summed E-state index contributed by atoms with van der Waals surface area (Å²) in [6, 6.07) is 10.3. The molecule has 156 valence electrons. The van der Waals surface area contributed by atoms with Crippen LogP contribution in [0.15, 0.2) is 41.5 Å². The minimum atomic E-state index is 0.315. The number of pyridine rings is 1. The van der Waals surface area contributed by atoms with Crippen molar-refractivity contribution in [3.8, 4) is 11.5 Å². The SMILES string of the molecule is CCNC(=NCc1ncccc1C)NC1CCN(c2cc(OC)cc(OC)c2)C1. The molecular weight excluding hydrogens is 366 g/mol. The summed E-state index contributed by atoms with van der Waals surface area (Å²) in [6.07, 6.45) is 2.85. The van der Waals surface area contributed by atoms with Crippen molar-refractivity contribution in [1.82, 2.24) is 15.6 Å². The highest BCUT2D eigenvalue weighted by Gasteiger charge is 2.24. The Morgan fingerprint density at radius 1 is 1.24 bits per heavy atom. The van der Waals surface area contributed by atoms with Crippen LogP contribution in [0.2, 0.25) is 0 Å². The lowest BCUT2D eigenvalue weighted by atomic mass is 10.2. The van der Waals surface area contributed by atoms with E-state index in [9.17, 15) is 0 Å². The maximum absolute atomic E-state index is 5.41. The average Bonchev–Trinajstić information content (AvgIpc) is 3.21. The van der Waals surface area contributed by atoms with Crippen molar-refractivity contribution in [2.24, 2.45) is 4.99 Å². The van der Waals surface area contributed by atoms with Gasteiger partial charge in [0.05, 0.1) is 26.5 Å². The Balaban J connectivity index is 1.65. The molecule has 2 aromatic rings. The van der Waals surface area contributed by atoms with Gasteiger partial charge in [0.25, 0.3) is 0 Å². The van der Waals surface area contributed by atoms with Crippen LogP contribution in [0.4, 0.5) is 5.69 Å². The highest BCUT2D eigenvalue weighted by molar-refractivity contribution is 5.80. The third kappa shape index (κ3) is 5.53. The van der Waals surface area contributed by atoms with Crippen LogP contribution in [0, 0.1) is 6.92 Å². The number of anilines is 1. The van der Waals surface area contributed by atoms with Crippen LogP contribution >= 0.6 is 0 Å². The van der Waals surface area contributed by atoms with Gasteiger partial charge in [-0.3, -0.25) is 4.98 Å². The molecule has 0 spiro atoms. The van der Waals surface area contributed by atoms with E-state index in [1.54, 1.807) is 14.2 Å². The Bertz CT molecular complexity index is 817. The molecule has 1 fully saturated rings. The zero-order chi connectivity index (χ0) is 20.6. The monoisotopic (exact) mass is 397 g/mol. The van der Waals surface area contributed by atoms with Gasteiger partial charge in [-0.2, -0.15) is 0 Å². The number of aryl methyl sites for hydroxylation is 1. The van der Waals surface area contributed by atoms with E-state index in [0.29, 0.717) is 12.6 Å². The zero-order valence-corrected chi connectivity index (χ0v) is 17.7. The molecule has 1 saturated heterocycles. The third-order valence-electron chi connectivity index (χ3n) is 5.08. The molecule has 0 aliphatic carbocycles. The number of guanidine groups is 1. The van der Waals surface area contributed by atoms with Crippen LogP contribution in [0.5, 0.6) is 11.5 Å². The summed E-state index contributed by atoms with van der Waals surface area (Å²) in [5.74, 6) is 2.43. The first-order valence-electron chi connectivity index (χ1n) is 10.1. The lowest BCUT2D eigenvalue weighted by Gasteiger charge is -2.21. The van der Waals surface area contributed by atoms with E-state index >= 15 is 0 Å². The van der Waals surface area contributed by atoms with Gasteiger partial charge < -0.3 is 25.0 Å². The maximum atomic E-state index is 5.41. The van der Waals surface area contributed by atoms with Gasteiger partial charge in [-0.15, -0.1) is 0 Å². The molecule has 29 heavy (non-hydrogen) atoms. The standard InChI is InChI=1S/C22H31N5O2/c1-5-23-22(25-14-21-16(2)7-6-9-24-21)26-17-8-10-27(15-17)18-11-19(28-3)13-20(12-18)29-4/h6-7,9,11-13,17H,5,8,10,14-15H2,1-4H3,(H2,23,25,26). The zero-order valence-electron chi connectivity index (χ0n) is 17.7. The third-order valence-corrected chi connectivity index (χ3v) is 5.08. The molecule has 1 aromatic heterocycles. The Morgan fingerprint density at radius 3 is 2.66 bits per heavy atom. The first kappa shape index (κ1) is 20.8. The number of nitrogens with one attached hydrogen (secondary N) is 2. The molecule has 2 heterocycles. The smallest absolute Gasteiger partial charge is 0.191 e. The molecule has 7 heteroatoms. The van der Waals surface area contributed by atoms with Crippen LogP contribution in [-0.4, -0.2) is 50.8 Å². The number of aliphatic imine (C=N–C) groups is 1. The van der Waals surface area contributed by atoms with Crippen LogP contribution in [-0.2, 0) is 6.54 Å². The van der Waals surface area contributed by atoms with E-state index in [2.05, 4.69) is 40.4 Å².